The van der Waals surface area contributed by atoms with Gasteiger partial charge in [0.05, 0.1) is 12.2 Å². The maximum absolute atomic E-state index is 13.3. The monoisotopic (exact) mass is 504 g/mol. The predicted octanol–water partition coefficient (Wildman–Crippen LogP) is 6.18. The number of hydrogen-bond acceptors (Lipinski definition) is 3. The number of hydrogen-bond donors (Lipinski definition) is 1. The largest absolute Gasteiger partial charge is 0.333 e. The van der Waals surface area contributed by atoms with E-state index in [-0.39, 0.29) is 24.3 Å². The van der Waals surface area contributed by atoms with Crippen molar-refractivity contribution in [2.75, 3.05) is 18.4 Å². The summed E-state index contributed by atoms with van der Waals surface area (Å²) in [5, 5.41) is 3.66. The van der Waals surface area contributed by atoms with E-state index in [1.54, 1.807) is 4.90 Å². The Kier molecular flexibility index (Phi) is 7.15. The zero-order chi connectivity index (χ0) is 25.2. The summed E-state index contributed by atoms with van der Waals surface area (Å²) in [4.78, 5) is 33.0. The van der Waals surface area contributed by atoms with Crippen LogP contribution in [0.2, 0.25) is 5.02 Å². The summed E-state index contributed by atoms with van der Waals surface area (Å²) < 4.78 is 1.90. The van der Waals surface area contributed by atoms with Crippen molar-refractivity contribution >= 4 is 29.4 Å². The zero-order valence-electron chi connectivity index (χ0n) is 21.0. The molecule has 5 rings (SSSR count). The molecule has 1 aromatic heterocycles. The fourth-order valence-corrected chi connectivity index (χ4v) is 5.04. The van der Waals surface area contributed by atoms with Crippen LogP contribution in [0.15, 0.2) is 48.7 Å². The van der Waals surface area contributed by atoms with E-state index in [0.29, 0.717) is 23.4 Å². The Balaban J connectivity index is 1.41. The van der Waals surface area contributed by atoms with Crippen molar-refractivity contribution in [3.8, 4) is 16.9 Å². The fourth-order valence-electron chi connectivity index (χ4n) is 4.91. The summed E-state index contributed by atoms with van der Waals surface area (Å²) in [5.74, 6) is 0.935. The van der Waals surface area contributed by atoms with E-state index in [1.165, 1.54) is 5.56 Å². The first-order chi connectivity index (χ1) is 17.4. The molecule has 2 fully saturated rings. The van der Waals surface area contributed by atoms with E-state index < -0.39 is 0 Å². The molecule has 2 amide bonds. The Bertz CT molecular complexity index is 1260. The van der Waals surface area contributed by atoms with Crippen LogP contribution in [0.4, 0.5) is 5.95 Å². The summed E-state index contributed by atoms with van der Waals surface area (Å²) in [7, 11) is 0. The predicted molar refractivity (Wildman–Crippen MR) is 143 cm³/mol. The third-order valence-corrected chi connectivity index (χ3v) is 7.64. The highest BCUT2D eigenvalue weighted by atomic mass is 35.5. The second-order valence-electron chi connectivity index (χ2n) is 10.3. The van der Waals surface area contributed by atoms with Crippen molar-refractivity contribution in [3.05, 3.63) is 64.8 Å². The Morgan fingerprint density at radius 2 is 1.75 bits per heavy atom. The maximum Gasteiger partial charge on any atom is 0.246 e. The second kappa shape index (κ2) is 10.5. The number of carbonyl (C=O) groups is 2. The number of aryl methyl sites for hydroxylation is 2. The van der Waals surface area contributed by atoms with Crippen molar-refractivity contribution < 1.29 is 9.59 Å². The van der Waals surface area contributed by atoms with Crippen molar-refractivity contribution in [2.45, 2.75) is 52.4 Å². The standard InChI is InChI=1S/C29H33ClN4O2/c1-19-7-14-25(15-20(19)2)34-17-26(22-10-12-24(30)13-11-22)31-29(34)32-27(35)18-33(16-21-8-9-21)28(36)23-5-3-4-6-23/h7,10-15,17,21,23H,3-6,8-9,16,18H2,1-2H3,(H,31,32,35). The summed E-state index contributed by atoms with van der Waals surface area (Å²) in [5.41, 5.74) is 4.91. The highest BCUT2D eigenvalue weighted by molar-refractivity contribution is 6.30. The molecule has 1 N–H and O–H groups in total. The maximum atomic E-state index is 13.3. The number of anilines is 1. The third kappa shape index (κ3) is 5.65. The van der Waals surface area contributed by atoms with Gasteiger partial charge in [-0.2, -0.15) is 0 Å². The van der Waals surface area contributed by atoms with E-state index in [0.717, 1.165) is 61.0 Å². The van der Waals surface area contributed by atoms with Crippen LogP contribution in [0.5, 0.6) is 0 Å². The SMILES string of the molecule is Cc1ccc(-n2cc(-c3ccc(Cl)cc3)nc2NC(=O)CN(CC2CC2)C(=O)C2CCCC2)cc1C. The molecular formula is C29H33ClN4O2. The van der Waals surface area contributed by atoms with Crippen molar-refractivity contribution in [1.29, 1.82) is 0 Å². The Labute approximate surface area is 217 Å². The molecule has 0 saturated heterocycles. The number of halogens is 1. The van der Waals surface area contributed by atoms with Gasteiger partial charge in [-0.1, -0.05) is 42.6 Å². The molecular weight excluding hydrogens is 472 g/mol. The van der Waals surface area contributed by atoms with Crippen LogP contribution in [0.25, 0.3) is 16.9 Å². The highest BCUT2D eigenvalue weighted by Gasteiger charge is 2.33. The van der Waals surface area contributed by atoms with Crippen LogP contribution in [0.3, 0.4) is 0 Å². The lowest BCUT2D eigenvalue weighted by Gasteiger charge is -2.25. The van der Waals surface area contributed by atoms with Crippen LogP contribution in [-0.4, -0.2) is 39.4 Å². The molecule has 0 spiro atoms. The van der Waals surface area contributed by atoms with E-state index >= 15 is 0 Å². The summed E-state index contributed by atoms with van der Waals surface area (Å²) in [6, 6.07) is 13.7. The van der Waals surface area contributed by atoms with Gasteiger partial charge in [-0.05, 0) is 80.8 Å². The van der Waals surface area contributed by atoms with Crippen molar-refractivity contribution in [1.82, 2.24) is 14.5 Å². The number of amides is 2. The molecule has 0 bridgehead atoms. The average Bonchev–Trinajstić information content (AvgIpc) is 3.33. The van der Waals surface area contributed by atoms with Crippen LogP contribution in [0.1, 0.15) is 49.7 Å². The Morgan fingerprint density at radius 3 is 2.42 bits per heavy atom. The van der Waals surface area contributed by atoms with Crippen molar-refractivity contribution in [2.24, 2.45) is 11.8 Å². The first-order valence-corrected chi connectivity index (χ1v) is 13.3. The molecule has 3 aromatic rings. The molecule has 2 aliphatic carbocycles. The molecule has 7 heteroatoms. The van der Waals surface area contributed by atoms with Gasteiger partial charge in [-0.3, -0.25) is 19.5 Å². The highest BCUT2D eigenvalue weighted by Crippen LogP contribution is 2.32. The summed E-state index contributed by atoms with van der Waals surface area (Å²) >= 11 is 6.08. The molecule has 6 nitrogen and oxygen atoms in total. The molecule has 1 heterocycles. The van der Waals surface area contributed by atoms with Crippen LogP contribution >= 0.6 is 11.6 Å². The second-order valence-corrected chi connectivity index (χ2v) is 10.7. The zero-order valence-corrected chi connectivity index (χ0v) is 21.7. The fraction of sp³-hybridized carbons (Fsp3) is 0.414. The van der Waals surface area contributed by atoms with Gasteiger partial charge in [0.15, 0.2) is 0 Å². The first kappa shape index (κ1) is 24.6. The normalized spacial score (nSPS) is 15.8. The summed E-state index contributed by atoms with van der Waals surface area (Å²) in [6.07, 6.45) is 8.26. The number of rotatable bonds is 8. The third-order valence-electron chi connectivity index (χ3n) is 7.39. The number of aromatic nitrogens is 2. The molecule has 2 aliphatic rings. The van der Waals surface area contributed by atoms with Gasteiger partial charge in [0.2, 0.25) is 17.8 Å². The van der Waals surface area contributed by atoms with Gasteiger partial charge < -0.3 is 4.90 Å². The lowest BCUT2D eigenvalue weighted by atomic mass is 10.1. The topological polar surface area (TPSA) is 67.2 Å². The lowest BCUT2D eigenvalue weighted by Crippen LogP contribution is -2.42. The van der Waals surface area contributed by atoms with E-state index in [4.69, 9.17) is 16.6 Å². The minimum atomic E-state index is -0.222. The van der Waals surface area contributed by atoms with Gasteiger partial charge in [-0.25, -0.2) is 4.98 Å². The molecule has 2 saturated carbocycles. The molecule has 0 unspecified atom stereocenters. The minimum Gasteiger partial charge on any atom is -0.333 e. The van der Waals surface area contributed by atoms with Gasteiger partial charge in [0.25, 0.3) is 0 Å². The van der Waals surface area contributed by atoms with Crippen molar-refractivity contribution in [3.63, 3.8) is 0 Å². The number of carbonyl (C=O) groups excluding carboxylic acids is 2. The average molecular weight is 505 g/mol. The molecule has 0 aliphatic heterocycles. The quantitative estimate of drug-likeness (QED) is 0.398. The van der Waals surface area contributed by atoms with Crippen LogP contribution < -0.4 is 5.32 Å². The van der Waals surface area contributed by atoms with E-state index in [1.807, 2.05) is 41.1 Å². The molecule has 188 valence electrons. The van der Waals surface area contributed by atoms with Gasteiger partial charge >= 0.3 is 0 Å². The number of benzene rings is 2. The Hall–Kier alpha value is -3.12. The first-order valence-electron chi connectivity index (χ1n) is 12.9. The van der Waals surface area contributed by atoms with Crippen LogP contribution in [-0.2, 0) is 9.59 Å². The van der Waals surface area contributed by atoms with Gasteiger partial charge in [0, 0.05) is 34.9 Å². The molecule has 36 heavy (non-hydrogen) atoms. The van der Waals surface area contributed by atoms with Crippen LogP contribution in [0, 0.1) is 25.7 Å². The summed E-state index contributed by atoms with van der Waals surface area (Å²) in [6.45, 7) is 4.87. The van der Waals surface area contributed by atoms with Gasteiger partial charge in [-0.15, -0.1) is 0 Å². The number of nitrogens with zero attached hydrogens (tertiary/aromatic N) is 3. The van der Waals surface area contributed by atoms with Gasteiger partial charge in [0.1, 0.15) is 0 Å². The molecule has 0 atom stereocenters. The molecule has 2 aromatic carbocycles. The molecule has 0 radical (unpaired) electrons. The van der Waals surface area contributed by atoms with E-state index in [9.17, 15) is 9.59 Å². The lowest BCUT2D eigenvalue weighted by molar-refractivity contribution is -0.138. The minimum absolute atomic E-state index is 0.0574. The number of nitrogens with one attached hydrogen (secondary N) is 1. The smallest absolute Gasteiger partial charge is 0.246 e. The number of imidazole rings is 1. The Morgan fingerprint density at radius 1 is 1.03 bits per heavy atom. The van der Waals surface area contributed by atoms with E-state index in [2.05, 4.69) is 31.3 Å².